The minimum absolute atomic E-state index is 0.680. The number of rotatable bonds is 2. The predicted molar refractivity (Wildman–Crippen MR) is 96.4 cm³/mol. The second kappa shape index (κ2) is 5.96. The summed E-state index contributed by atoms with van der Waals surface area (Å²) >= 11 is 1.79. The van der Waals surface area contributed by atoms with Crippen molar-refractivity contribution in [1.29, 1.82) is 0 Å². The standard InChI is InChI=1S/C18H22N4S/c1-13-16-17(21(2)20-13)19-18(23-16)22-11-6-9-15(10-12-22)14-7-4-3-5-8-14/h3-5,7-8,15H,6,9-12H2,1-2H3/t15-/m0/s1. The van der Waals surface area contributed by atoms with E-state index in [9.17, 15) is 0 Å². The van der Waals surface area contributed by atoms with Crippen molar-refractivity contribution in [3.05, 3.63) is 41.6 Å². The van der Waals surface area contributed by atoms with Gasteiger partial charge >= 0.3 is 0 Å². The number of hydrogen-bond acceptors (Lipinski definition) is 4. The van der Waals surface area contributed by atoms with Gasteiger partial charge in [0.05, 0.1) is 10.4 Å². The van der Waals surface area contributed by atoms with Gasteiger partial charge in [-0.05, 0) is 37.7 Å². The van der Waals surface area contributed by atoms with Crippen LogP contribution in [-0.4, -0.2) is 27.9 Å². The van der Waals surface area contributed by atoms with E-state index in [1.54, 1.807) is 11.3 Å². The molecule has 0 bridgehead atoms. The van der Waals surface area contributed by atoms with Crippen molar-refractivity contribution in [2.24, 2.45) is 7.05 Å². The van der Waals surface area contributed by atoms with E-state index in [2.05, 4.69) is 47.3 Å². The molecule has 1 saturated heterocycles. The number of aromatic nitrogens is 3. The first-order valence-electron chi connectivity index (χ1n) is 8.32. The molecule has 23 heavy (non-hydrogen) atoms. The van der Waals surface area contributed by atoms with Gasteiger partial charge in [-0.1, -0.05) is 41.7 Å². The van der Waals surface area contributed by atoms with Crippen molar-refractivity contribution >= 4 is 26.8 Å². The van der Waals surface area contributed by atoms with E-state index in [-0.39, 0.29) is 0 Å². The van der Waals surface area contributed by atoms with E-state index < -0.39 is 0 Å². The third kappa shape index (κ3) is 2.74. The van der Waals surface area contributed by atoms with Crippen molar-refractivity contribution in [2.45, 2.75) is 32.1 Å². The lowest BCUT2D eigenvalue weighted by Crippen LogP contribution is -2.23. The number of fused-ring (bicyclic) bond motifs is 1. The largest absolute Gasteiger partial charge is 0.348 e. The summed E-state index contributed by atoms with van der Waals surface area (Å²) in [7, 11) is 1.98. The van der Waals surface area contributed by atoms with Crippen molar-refractivity contribution in [3.8, 4) is 0 Å². The van der Waals surface area contributed by atoms with Crippen molar-refractivity contribution in [2.75, 3.05) is 18.0 Å². The van der Waals surface area contributed by atoms with Crippen LogP contribution in [0.15, 0.2) is 30.3 Å². The average Bonchev–Trinajstić information content (AvgIpc) is 3.01. The zero-order valence-corrected chi connectivity index (χ0v) is 14.5. The molecule has 120 valence electrons. The average molecular weight is 326 g/mol. The highest BCUT2D eigenvalue weighted by Gasteiger charge is 2.22. The summed E-state index contributed by atoms with van der Waals surface area (Å²) in [5, 5.41) is 5.61. The van der Waals surface area contributed by atoms with E-state index in [0.717, 1.165) is 29.6 Å². The molecule has 5 heteroatoms. The SMILES string of the molecule is Cc1nn(C)c2nc(N3CCC[C@H](c4ccccc4)CC3)sc12. The van der Waals surface area contributed by atoms with Crippen LogP contribution in [0, 0.1) is 6.92 Å². The van der Waals surface area contributed by atoms with Crippen LogP contribution in [0.2, 0.25) is 0 Å². The van der Waals surface area contributed by atoms with Crippen molar-refractivity contribution < 1.29 is 0 Å². The Morgan fingerprint density at radius 2 is 1.96 bits per heavy atom. The van der Waals surface area contributed by atoms with Gasteiger partial charge in [-0.25, -0.2) is 9.67 Å². The topological polar surface area (TPSA) is 34.0 Å². The van der Waals surface area contributed by atoms with Crippen LogP contribution in [0.3, 0.4) is 0 Å². The molecule has 1 aliphatic rings. The lowest BCUT2D eigenvalue weighted by molar-refractivity contribution is 0.612. The second-order valence-corrected chi connectivity index (χ2v) is 7.36. The third-order valence-electron chi connectivity index (χ3n) is 4.80. The van der Waals surface area contributed by atoms with Crippen molar-refractivity contribution in [3.63, 3.8) is 0 Å². The van der Waals surface area contributed by atoms with E-state index in [0.29, 0.717) is 5.92 Å². The molecular formula is C18H22N4S. The van der Waals surface area contributed by atoms with Crippen LogP contribution < -0.4 is 4.90 Å². The van der Waals surface area contributed by atoms with Crippen LogP contribution in [-0.2, 0) is 7.05 Å². The Labute approximate surface area is 140 Å². The summed E-state index contributed by atoms with van der Waals surface area (Å²) in [6, 6.07) is 11.0. The zero-order chi connectivity index (χ0) is 15.8. The number of nitrogens with zero attached hydrogens (tertiary/aromatic N) is 4. The minimum atomic E-state index is 0.680. The number of aryl methyl sites for hydroxylation is 2. The van der Waals surface area contributed by atoms with Gasteiger partial charge in [-0.2, -0.15) is 5.10 Å². The molecule has 3 heterocycles. The molecule has 0 spiro atoms. The van der Waals surface area contributed by atoms with Gasteiger partial charge in [0, 0.05) is 20.1 Å². The normalized spacial score (nSPS) is 19.2. The van der Waals surface area contributed by atoms with Crippen LogP contribution >= 0.6 is 11.3 Å². The summed E-state index contributed by atoms with van der Waals surface area (Å²) in [6.07, 6.45) is 3.70. The van der Waals surface area contributed by atoms with Crippen molar-refractivity contribution in [1.82, 2.24) is 14.8 Å². The molecule has 1 atom stereocenters. The van der Waals surface area contributed by atoms with E-state index in [1.807, 2.05) is 11.7 Å². The highest BCUT2D eigenvalue weighted by Crippen LogP contribution is 2.34. The van der Waals surface area contributed by atoms with Crippen LogP contribution in [0.25, 0.3) is 10.3 Å². The fraction of sp³-hybridized carbons (Fsp3) is 0.444. The molecule has 1 aliphatic heterocycles. The molecule has 0 aliphatic carbocycles. The molecule has 1 fully saturated rings. The molecule has 3 aromatic rings. The highest BCUT2D eigenvalue weighted by atomic mass is 32.1. The van der Waals surface area contributed by atoms with Gasteiger partial charge in [-0.3, -0.25) is 0 Å². The molecule has 1 aromatic carbocycles. The molecule has 0 unspecified atom stereocenters. The number of thiazole rings is 1. The highest BCUT2D eigenvalue weighted by molar-refractivity contribution is 7.22. The molecule has 0 radical (unpaired) electrons. The Morgan fingerprint density at radius 3 is 2.74 bits per heavy atom. The first kappa shape index (κ1) is 14.7. The smallest absolute Gasteiger partial charge is 0.188 e. The maximum atomic E-state index is 4.84. The van der Waals surface area contributed by atoms with Gasteiger partial charge < -0.3 is 4.90 Å². The fourth-order valence-corrected chi connectivity index (χ4v) is 4.64. The number of benzene rings is 1. The van der Waals surface area contributed by atoms with Gasteiger partial charge in [0.25, 0.3) is 0 Å². The Kier molecular flexibility index (Phi) is 3.81. The molecule has 2 aromatic heterocycles. The molecule has 4 nitrogen and oxygen atoms in total. The molecule has 0 N–H and O–H groups in total. The molecular weight excluding hydrogens is 304 g/mol. The van der Waals surface area contributed by atoms with E-state index in [4.69, 9.17) is 4.98 Å². The first-order chi connectivity index (χ1) is 11.2. The quantitative estimate of drug-likeness (QED) is 0.710. The first-order valence-corrected chi connectivity index (χ1v) is 9.14. The maximum Gasteiger partial charge on any atom is 0.188 e. The minimum Gasteiger partial charge on any atom is -0.348 e. The van der Waals surface area contributed by atoms with Gasteiger partial charge in [0.2, 0.25) is 0 Å². The maximum absolute atomic E-state index is 4.84. The van der Waals surface area contributed by atoms with Gasteiger partial charge in [0.15, 0.2) is 10.8 Å². The second-order valence-electron chi connectivity index (χ2n) is 6.38. The van der Waals surface area contributed by atoms with Gasteiger partial charge in [-0.15, -0.1) is 0 Å². The monoisotopic (exact) mass is 326 g/mol. The molecule has 4 rings (SSSR count). The summed E-state index contributed by atoms with van der Waals surface area (Å²) in [6.45, 7) is 4.26. The Morgan fingerprint density at radius 1 is 1.13 bits per heavy atom. The molecule has 0 amide bonds. The van der Waals surface area contributed by atoms with E-state index in [1.165, 1.54) is 29.5 Å². The summed E-state index contributed by atoms with van der Waals surface area (Å²) < 4.78 is 3.13. The lowest BCUT2D eigenvalue weighted by atomic mass is 9.92. The number of hydrogen-bond donors (Lipinski definition) is 0. The molecule has 0 saturated carbocycles. The predicted octanol–water partition coefficient (Wildman–Crippen LogP) is 4.11. The fourth-order valence-electron chi connectivity index (χ4n) is 3.56. The van der Waals surface area contributed by atoms with Crippen LogP contribution in [0.1, 0.15) is 36.4 Å². The third-order valence-corrected chi connectivity index (χ3v) is 6.02. The van der Waals surface area contributed by atoms with Gasteiger partial charge in [0.1, 0.15) is 0 Å². The Bertz CT molecular complexity index is 771. The van der Waals surface area contributed by atoms with Crippen LogP contribution in [0.4, 0.5) is 5.13 Å². The summed E-state index contributed by atoms with van der Waals surface area (Å²) in [5.74, 6) is 0.680. The number of anilines is 1. The zero-order valence-electron chi connectivity index (χ0n) is 13.7. The van der Waals surface area contributed by atoms with E-state index >= 15 is 0 Å². The Balaban J connectivity index is 1.55. The Hall–Kier alpha value is -1.88. The van der Waals surface area contributed by atoms with Crippen LogP contribution in [0.5, 0.6) is 0 Å². The summed E-state index contributed by atoms with van der Waals surface area (Å²) in [5.41, 5.74) is 3.59. The summed E-state index contributed by atoms with van der Waals surface area (Å²) in [4.78, 5) is 7.31. The lowest BCUT2D eigenvalue weighted by Gasteiger charge is -2.19.